The molecule has 1 heterocycles. The summed E-state index contributed by atoms with van der Waals surface area (Å²) >= 11 is 0. The van der Waals surface area contributed by atoms with Crippen molar-refractivity contribution in [3.63, 3.8) is 0 Å². The zero-order chi connectivity index (χ0) is 21.0. The van der Waals surface area contributed by atoms with Gasteiger partial charge in [0.05, 0.1) is 11.8 Å². The molecule has 0 spiro atoms. The third-order valence-electron chi connectivity index (χ3n) is 4.21. The maximum atomic E-state index is 12.8. The number of nitrogens with one attached hydrogen (secondary N) is 2. The van der Waals surface area contributed by atoms with E-state index < -0.39 is 0 Å². The van der Waals surface area contributed by atoms with Gasteiger partial charge in [0.2, 0.25) is 5.95 Å². The van der Waals surface area contributed by atoms with Crippen molar-refractivity contribution in [2.45, 2.75) is 40.7 Å². The lowest BCUT2D eigenvalue weighted by atomic mass is 10.1. The minimum Gasteiger partial charge on any atom is -0.489 e. The molecule has 150 valence electrons. The Morgan fingerprint density at radius 1 is 0.966 bits per heavy atom. The van der Waals surface area contributed by atoms with Gasteiger partial charge in [0.25, 0.3) is 5.91 Å². The highest BCUT2D eigenvalue weighted by atomic mass is 16.5. The van der Waals surface area contributed by atoms with E-state index in [-0.39, 0.29) is 12.0 Å². The van der Waals surface area contributed by atoms with Gasteiger partial charge >= 0.3 is 0 Å². The van der Waals surface area contributed by atoms with Gasteiger partial charge in [-0.1, -0.05) is 29.8 Å². The second-order valence-electron chi connectivity index (χ2n) is 7.28. The summed E-state index contributed by atoms with van der Waals surface area (Å²) in [5.41, 5.74) is 4.64. The summed E-state index contributed by atoms with van der Waals surface area (Å²) in [4.78, 5) is 21.6. The van der Waals surface area contributed by atoms with E-state index in [1.54, 1.807) is 6.07 Å². The smallest absolute Gasteiger partial charge is 0.274 e. The summed E-state index contributed by atoms with van der Waals surface area (Å²) in [6.45, 7) is 9.75. The first-order valence-corrected chi connectivity index (χ1v) is 9.59. The number of carbonyl (C=O) groups is 1. The Morgan fingerprint density at radius 2 is 1.72 bits per heavy atom. The number of ether oxygens (including phenoxy) is 1. The van der Waals surface area contributed by atoms with Gasteiger partial charge in [0, 0.05) is 11.4 Å². The van der Waals surface area contributed by atoms with Crippen molar-refractivity contribution < 1.29 is 9.53 Å². The molecule has 29 heavy (non-hydrogen) atoms. The van der Waals surface area contributed by atoms with Gasteiger partial charge in [-0.3, -0.25) is 4.79 Å². The number of rotatable bonds is 6. The van der Waals surface area contributed by atoms with Crippen molar-refractivity contribution in [1.29, 1.82) is 0 Å². The Labute approximate surface area is 171 Å². The Balaban J connectivity index is 1.84. The molecule has 1 amide bonds. The number of aryl methyl sites for hydroxylation is 3. The predicted molar refractivity (Wildman–Crippen MR) is 116 cm³/mol. The summed E-state index contributed by atoms with van der Waals surface area (Å²) in [7, 11) is 0. The Hall–Kier alpha value is -3.41. The van der Waals surface area contributed by atoms with E-state index in [0.717, 1.165) is 22.5 Å². The fraction of sp³-hybridized carbons (Fsp3) is 0.261. The number of hydrogen-bond acceptors (Lipinski definition) is 5. The first-order valence-electron chi connectivity index (χ1n) is 9.59. The fourth-order valence-electron chi connectivity index (χ4n) is 2.93. The van der Waals surface area contributed by atoms with Crippen molar-refractivity contribution in [1.82, 2.24) is 9.97 Å². The van der Waals surface area contributed by atoms with Crippen LogP contribution >= 0.6 is 0 Å². The second kappa shape index (κ2) is 8.73. The molecule has 2 aromatic carbocycles. The normalized spacial score (nSPS) is 10.7. The number of carbonyl (C=O) groups excluding carboxylic acids is 1. The number of hydrogen-bond donors (Lipinski definition) is 2. The largest absolute Gasteiger partial charge is 0.489 e. The van der Waals surface area contributed by atoms with E-state index in [9.17, 15) is 4.79 Å². The van der Waals surface area contributed by atoms with Crippen LogP contribution in [0.3, 0.4) is 0 Å². The van der Waals surface area contributed by atoms with Crippen LogP contribution < -0.4 is 15.4 Å². The molecule has 1 aromatic heterocycles. The molecule has 3 aromatic rings. The van der Waals surface area contributed by atoms with E-state index >= 15 is 0 Å². The molecule has 3 rings (SSSR count). The van der Waals surface area contributed by atoms with E-state index in [0.29, 0.717) is 23.1 Å². The van der Waals surface area contributed by atoms with Gasteiger partial charge in [-0.25, -0.2) is 9.97 Å². The minimum atomic E-state index is -0.280. The molecule has 2 N–H and O–H groups in total. The van der Waals surface area contributed by atoms with E-state index in [4.69, 9.17) is 4.74 Å². The van der Waals surface area contributed by atoms with Crippen LogP contribution in [0.1, 0.15) is 41.2 Å². The predicted octanol–water partition coefficient (Wildman–Crippen LogP) is 5.18. The van der Waals surface area contributed by atoms with Crippen LogP contribution in [0.5, 0.6) is 5.75 Å². The topological polar surface area (TPSA) is 76.1 Å². The van der Waals surface area contributed by atoms with Gasteiger partial charge in [-0.15, -0.1) is 0 Å². The third kappa shape index (κ3) is 5.31. The molecular weight excluding hydrogens is 364 g/mol. The van der Waals surface area contributed by atoms with E-state index in [2.05, 4.69) is 20.6 Å². The summed E-state index contributed by atoms with van der Waals surface area (Å²) in [5.74, 6) is 0.765. The Morgan fingerprint density at radius 3 is 2.45 bits per heavy atom. The lowest BCUT2D eigenvalue weighted by Crippen LogP contribution is -2.16. The number of nitrogens with zero attached hydrogens (tertiary/aromatic N) is 2. The summed E-state index contributed by atoms with van der Waals surface area (Å²) in [5, 5.41) is 6.10. The minimum absolute atomic E-state index is 0.0375. The highest BCUT2D eigenvalue weighted by Crippen LogP contribution is 2.27. The number of aromatic nitrogens is 2. The third-order valence-corrected chi connectivity index (χ3v) is 4.21. The number of amides is 1. The Kier molecular flexibility index (Phi) is 6.12. The van der Waals surface area contributed by atoms with Crippen molar-refractivity contribution in [3.05, 3.63) is 71.0 Å². The Bertz CT molecular complexity index is 1030. The lowest BCUT2D eigenvalue weighted by Gasteiger charge is -2.15. The van der Waals surface area contributed by atoms with Crippen LogP contribution in [0.2, 0.25) is 0 Å². The van der Waals surface area contributed by atoms with E-state index in [1.807, 2.05) is 77.1 Å². The monoisotopic (exact) mass is 390 g/mol. The average Bonchev–Trinajstić information content (AvgIpc) is 2.64. The van der Waals surface area contributed by atoms with Crippen molar-refractivity contribution in [2.75, 3.05) is 10.6 Å². The van der Waals surface area contributed by atoms with E-state index in [1.165, 1.54) is 0 Å². The standard InChI is InChI=1S/C23H26N4O2/c1-14(2)29-21-9-7-6-8-19(21)26-23-24-17(5)13-20(27-23)22(28)25-18-11-10-15(3)12-16(18)4/h6-14H,1-5H3,(H,25,28)(H,24,26,27). The van der Waals surface area contributed by atoms with Gasteiger partial charge in [0.1, 0.15) is 11.4 Å². The first kappa shape index (κ1) is 20.3. The molecule has 0 aliphatic carbocycles. The van der Waals surface area contributed by atoms with Crippen molar-refractivity contribution in [2.24, 2.45) is 0 Å². The highest BCUT2D eigenvalue weighted by Gasteiger charge is 2.14. The first-order chi connectivity index (χ1) is 13.8. The van der Waals surface area contributed by atoms with Gasteiger partial charge in [-0.05, 0) is 64.4 Å². The maximum absolute atomic E-state index is 12.8. The number of benzene rings is 2. The molecule has 0 saturated heterocycles. The molecule has 6 heteroatoms. The number of para-hydroxylation sites is 2. The van der Waals surface area contributed by atoms with Gasteiger partial charge in [0.15, 0.2) is 0 Å². The summed E-state index contributed by atoms with van der Waals surface area (Å²) < 4.78 is 5.83. The molecule has 0 aliphatic rings. The van der Waals surface area contributed by atoms with Crippen LogP contribution in [0.4, 0.5) is 17.3 Å². The molecule has 0 radical (unpaired) electrons. The van der Waals surface area contributed by atoms with Crippen molar-refractivity contribution in [3.8, 4) is 5.75 Å². The van der Waals surface area contributed by atoms with Crippen LogP contribution in [0, 0.1) is 20.8 Å². The number of anilines is 3. The molecule has 0 fully saturated rings. The van der Waals surface area contributed by atoms with Crippen LogP contribution in [-0.2, 0) is 0 Å². The average molecular weight is 390 g/mol. The van der Waals surface area contributed by atoms with Crippen molar-refractivity contribution >= 4 is 23.2 Å². The molecular formula is C23H26N4O2. The maximum Gasteiger partial charge on any atom is 0.274 e. The lowest BCUT2D eigenvalue weighted by molar-refractivity contribution is 0.102. The summed E-state index contributed by atoms with van der Waals surface area (Å²) in [6.07, 6.45) is 0.0375. The zero-order valence-electron chi connectivity index (χ0n) is 17.4. The van der Waals surface area contributed by atoms with Crippen LogP contribution in [-0.4, -0.2) is 22.0 Å². The SMILES string of the molecule is Cc1ccc(NC(=O)c2cc(C)nc(Nc3ccccc3OC(C)C)n2)c(C)c1. The highest BCUT2D eigenvalue weighted by molar-refractivity contribution is 6.03. The van der Waals surface area contributed by atoms with Crippen LogP contribution in [0.15, 0.2) is 48.5 Å². The fourth-order valence-corrected chi connectivity index (χ4v) is 2.93. The molecule has 6 nitrogen and oxygen atoms in total. The van der Waals surface area contributed by atoms with Crippen LogP contribution in [0.25, 0.3) is 0 Å². The van der Waals surface area contributed by atoms with Gasteiger partial charge < -0.3 is 15.4 Å². The molecule has 0 saturated carbocycles. The molecule has 0 unspecified atom stereocenters. The zero-order valence-corrected chi connectivity index (χ0v) is 17.4. The quantitative estimate of drug-likeness (QED) is 0.606. The molecule has 0 bridgehead atoms. The molecule has 0 aliphatic heterocycles. The molecule has 0 atom stereocenters. The van der Waals surface area contributed by atoms with Gasteiger partial charge in [-0.2, -0.15) is 0 Å². The summed E-state index contributed by atoms with van der Waals surface area (Å²) in [6, 6.07) is 15.1. The second-order valence-corrected chi connectivity index (χ2v) is 7.28.